The Labute approximate surface area is 88.4 Å². The van der Waals surface area contributed by atoms with Crippen LogP contribution in [0.5, 0.6) is 0 Å². The van der Waals surface area contributed by atoms with E-state index in [1.54, 1.807) is 6.92 Å². The zero-order valence-electron chi connectivity index (χ0n) is 8.82. The lowest BCUT2D eigenvalue weighted by atomic mass is 9.91. The van der Waals surface area contributed by atoms with E-state index in [1.807, 2.05) is 0 Å². The molecule has 0 spiro atoms. The van der Waals surface area contributed by atoms with Crippen LogP contribution in [0.2, 0.25) is 0 Å². The van der Waals surface area contributed by atoms with Crippen LogP contribution < -0.4 is 0 Å². The fraction of sp³-hybridized carbons (Fsp3) is 0.900. The Kier molecular flexibility index (Phi) is 4.98. The Balaban J connectivity index is 2.43. The molecule has 0 bridgehead atoms. The average Bonchev–Trinajstić information content (AvgIpc) is 2.28. The minimum Gasteiger partial charge on any atom is -0.464 e. The van der Waals surface area contributed by atoms with Gasteiger partial charge in [0, 0.05) is 13.2 Å². The second kappa shape index (κ2) is 6.02. The van der Waals surface area contributed by atoms with Crippen LogP contribution in [0, 0.1) is 5.92 Å². The first-order chi connectivity index (χ1) is 7.16. The SMILES string of the molecule is CCOC(=O)C(F)C(O)C1CCOCC1. The van der Waals surface area contributed by atoms with Gasteiger partial charge in [0.05, 0.1) is 12.7 Å². The van der Waals surface area contributed by atoms with Gasteiger partial charge < -0.3 is 14.6 Å². The normalized spacial score (nSPS) is 22.1. The smallest absolute Gasteiger partial charge is 0.343 e. The first-order valence-corrected chi connectivity index (χ1v) is 5.23. The van der Waals surface area contributed by atoms with Crippen molar-refractivity contribution >= 4 is 5.97 Å². The fourth-order valence-corrected chi connectivity index (χ4v) is 1.66. The summed E-state index contributed by atoms with van der Waals surface area (Å²) in [6, 6.07) is 0. The molecule has 1 saturated heterocycles. The van der Waals surface area contributed by atoms with Crippen molar-refractivity contribution in [2.45, 2.75) is 32.0 Å². The quantitative estimate of drug-likeness (QED) is 0.708. The highest BCUT2D eigenvalue weighted by atomic mass is 19.1. The molecular weight excluding hydrogens is 203 g/mol. The summed E-state index contributed by atoms with van der Waals surface area (Å²) in [5.41, 5.74) is 0. The van der Waals surface area contributed by atoms with Crippen LogP contribution in [0.15, 0.2) is 0 Å². The summed E-state index contributed by atoms with van der Waals surface area (Å²) in [5.74, 6) is -1.19. The van der Waals surface area contributed by atoms with Crippen molar-refractivity contribution in [2.24, 2.45) is 5.92 Å². The van der Waals surface area contributed by atoms with E-state index in [4.69, 9.17) is 4.74 Å². The second-order valence-electron chi connectivity index (χ2n) is 3.59. The number of rotatable bonds is 4. The van der Waals surface area contributed by atoms with Crippen molar-refractivity contribution in [3.63, 3.8) is 0 Å². The molecule has 0 aromatic carbocycles. The van der Waals surface area contributed by atoms with Gasteiger partial charge in [0.15, 0.2) is 0 Å². The molecule has 0 saturated carbocycles. The molecule has 1 aliphatic rings. The van der Waals surface area contributed by atoms with Crippen molar-refractivity contribution in [3.05, 3.63) is 0 Å². The van der Waals surface area contributed by atoms with E-state index in [1.165, 1.54) is 0 Å². The van der Waals surface area contributed by atoms with Crippen molar-refractivity contribution in [2.75, 3.05) is 19.8 Å². The van der Waals surface area contributed by atoms with Crippen molar-refractivity contribution in [1.82, 2.24) is 0 Å². The summed E-state index contributed by atoms with van der Waals surface area (Å²) >= 11 is 0. The van der Waals surface area contributed by atoms with Crippen LogP contribution in [0.25, 0.3) is 0 Å². The molecule has 2 atom stereocenters. The van der Waals surface area contributed by atoms with Crippen molar-refractivity contribution < 1.29 is 23.8 Å². The third kappa shape index (κ3) is 3.43. The number of carbonyl (C=O) groups is 1. The topological polar surface area (TPSA) is 55.8 Å². The van der Waals surface area contributed by atoms with Crippen LogP contribution in [0.4, 0.5) is 4.39 Å². The summed E-state index contributed by atoms with van der Waals surface area (Å²) in [6.45, 7) is 2.75. The Bertz CT molecular complexity index is 204. The van der Waals surface area contributed by atoms with Crippen LogP contribution in [-0.4, -0.2) is 43.2 Å². The molecular formula is C10H17FO4. The monoisotopic (exact) mass is 220 g/mol. The number of esters is 1. The number of ether oxygens (including phenoxy) is 2. The third-order valence-electron chi connectivity index (χ3n) is 2.56. The van der Waals surface area contributed by atoms with Gasteiger partial charge in [-0.25, -0.2) is 9.18 Å². The number of hydrogen-bond donors (Lipinski definition) is 1. The van der Waals surface area contributed by atoms with Gasteiger partial charge in [-0.2, -0.15) is 0 Å². The highest BCUT2D eigenvalue weighted by Gasteiger charge is 2.34. The number of aliphatic hydroxyl groups is 1. The minimum atomic E-state index is -1.94. The largest absolute Gasteiger partial charge is 0.464 e. The van der Waals surface area contributed by atoms with E-state index in [9.17, 15) is 14.3 Å². The molecule has 88 valence electrons. The maximum atomic E-state index is 13.4. The number of hydrogen-bond acceptors (Lipinski definition) is 4. The number of carbonyl (C=O) groups excluding carboxylic acids is 1. The van der Waals surface area contributed by atoms with E-state index in [0.717, 1.165) is 0 Å². The number of halogens is 1. The maximum absolute atomic E-state index is 13.4. The molecule has 0 radical (unpaired) electrons. The van der Waals surface area contributed by atoms with Crippen LogP contribution in [0.3, 0.4) is 0 Å². The van der Waals surface area contributed by atoms with E-state index in [0.29, 0.717) is 26.1 Å². The van der Waals surface area contributed by atoms with Gasteiger partial charge in [0.2, 0.25) is 6.17 Å². The molecule has 0 amide bonds. The van der Waals surface area contributed by atoms with E-state index in [2.05, 4.69) is 4.74 Å². The molecule has 0 aliphatic carbocycles. The molecule has 15 heavy (non-hydrogen) atoms. The van der Waals surface area contributed by atoms with Crippen molar-refractivity contribution in [3.8, 4) is 0 Å². The molecule has 2 unspecified atom stereocenters. The molecule has 1 fully saturated rings. The zero-order valence-corrected chi connectivity index (χ0v) is 8.82. The lowest BCUT2D eigenvalue weighted by molar-refractivity contribution is -0.156. The Morgan fingerprint density at radius 1 is 1.60 bits per heavy atom. The predicted octanol–water partition coefficient (Wildman–Crippen LogP) is 0.675. The highest BCUT2D eigenvalue weighted by molar-refractivity contribution is 5.75. The third-order valence-corrected chi connectivity index (χ3v) is 2.56. The summed E-state index contributed by atoms with van der Waals surface area (Å²) in [4.78, 5) is 11.0. The van der Waals surface area contributed by atoms with Gasteiger partial charge in [0.25, 0.3) is 0 Å². The maximum Gasteiger partial charge on any atom is 0.343 e. The van der Waals surface area contributed by atoms with E-state index >= 15 is 0 Å². The molecule has 0 aromatic heterocycles. The molecule has 5 heteroatoms. The van der Waals surface area contributed by atoms with Gasteiger partial charge in [0.1, 0.15) is 0 Å². The van der Waals surface area contributed by atoms with E-state index in [-0.39, 0.29) is 12.5 Å². The van der Waals surface area contributed by atoms with Crippen LogP contribution in [-0.2, 0) is 14.3 Å². The predicted molar refractivity (Wildman–Crippen MR) is 51.1 cm³/mol. The van der Waals surface area contributed by atoms with Crippen LogP contribution >= 0.6 is 0 Å². The Morgan fingerprint density at radius 2 is 2.20 bits per heavy atom. The Morgan fingerprint density at radius 3 is 2.73 bits per heavy atom. The molecule has 0 aromatic rings. The summed E-state index contributed by atoms with van der Waals surface area (Å²) in [6.07, 6.45) is -2.04. The molecule has 1 rings (SSSR count). The minimum absolute atomic E-state index is 0.125. The Hall–Kier alpha value is -0.680. The highest BCUT2D eigenvalue weighted by Crippen LogP contribution is 2.22. The second-order valence-corrected chi connectivity index (χ2v) is 3.59. The fourth-order valence-electron chi connectivity index (χ4n) is 1.66. The van der Waals surface area contributed by atoms with Gasteiger partial charge in [-0.15, -0.1) is 0 Å². The van der Waals surface area contributed by atoms with Crippen LogP contribution in [0.1, 0.15) is 19.8 Å². The van der Waals surface area contributed by atoms with Gasteiger partial charge in [-0.05, 0) is 25.7 Å². The summed E-state index contributed by atoms with van der Waals surface area (Å²) in [7, 11) is 0. The number of alkyl halides is 1. The average molecular weight is 220 g/mol. The number of aliphatic hydroxyl groups excluding tert-OH is 1. The van der Waals surface area contributed by atoms with Gasteiger partial charge in [-0.1, -0.05) is 0 Å². The van der Waals surface area contributed by atoms with Gasteiger partial charge >= 0.3 is 5.97 Å². The zero-order chi connectivity index (χ0) is 11.3. The van der Waals surface area contributed by atoms with Crippen molar-refractivity contribution in [1.29, 1.82) is 0 Å². The van der Waals surface area contributed by atoms with E-state index < -0.39 is 18.2 Å². The molecule has 1 aliphatic heterocycles. The first-order valence-electron chi connectivity index (χ1n) is 5.23. The molecule has 4 nitrogen and oxygen atoms in total. The summed E-state index contributed by atoms with van der Waals surface area (Å²) < 4.78 is 23.0. The lowest BCUT2D eigenvalue weighted by Crippen LogP contribution is -2.39. The standard InChI is InChI=1S/C10H17FO4/c1-2-15-10(13)8(11)9(12)7-3-5-14-6-4-7/h7-9,12H,2-6H2,1H3. The molecule has 1 N–H and O–H groups in total. The van der Waals surface area contributed by atoms with Gasteiger partial charge in [-0.3, -0.25) is 0 Å². The molecule has 1 heterocycles. The lowest BCUT2D eigenvalue weighted by Gasteiger charge is -2.27. The summed E-state index contributed by atoms with van der Waals surface area (Å²) in [5, 5.41) is 9.61. The first kappa shape index (κ1) is 12.4.